The van der Waals surface area contributed by atoms with Crippen LogP contribution < -0.4 is 4.90 Å². The number of aromatic nitrogens is 1. The van der Waals surface area contributed by atoms with Crippen molar-refractivity contribution in [1.29, 1.82) is 0 Å². The summed E-state index contributed by atoms with van der Waals surface area (Å²) in [5.41, 5.74) is 0. The molecule has 6 heteroatoms. The number of carbonyl (C=O) groups excluding carboxylic acids is 1. The lowest BCUT2D eigenvalue weighted by atomic mass is 10.0. The van der Waals surface area contributed by atoms with E-state index in [1.54, 1.807) is 28.1 Å². The van der Waals surface area contributed by atoms with E-state index in [9.17, 15) is 9.90 Å². The third kappa shape index (κ3) is 3.22. The van der Waals surface area contributed by atoms with Crippen molar-refractivity contribution in [2.75, 3.05) is 31.6 Å². The minimum absolute atomic E-state index is 0.0210. The van der Waals surface area contributed by atoms with Crippen molar-refractivity contribution in [2.45, 2.75) is 19.4 Å². The molecule has 1 aliphatic rings. The molecule has 2 atom stereocenters. The van der Waals surface area contributed by atoms with Gasteiger partial charge in [0.05, 0.1) is 24.2 Å². The van der Waals surface area contributed by atoms with Crippen LogP contribution in [-0.4, -0.2) is 53.7 Å². The van der Waals surface area contributed by atoms with Crippen LogP contribution in [0.3, 0.4) is 0 Å². The van der Waals surface area contributed by atoms with E-state index in [-0.39, 0.29) is 25.1 Å². The van der Waals surface area contributed by atoms with E-state index in [4.69, 9.17) is 11.6 Å². The average Bonchev–Trinajstić information content (AvgIpc) is 2.80. The van der Waals surface area contributed by atoms with Crippen LogP contribution in [0.4, 0.5) is 5.82 Å². The lowest BCUT2D eigenvalue weighted by Crippen LogP contribution is -2.44. The summed E-state index contributed by atoms with van der Waals surface area (Å²) >= 11 is 5.80. The Morgan fingerprint density at radius 3 is 2.95 bits per heavy atom. The molecule has 2 heterocycles. The highest BCUT2D eigenvalue weighted by Crippen LogP contribution is 2.24. The van der Waals surface area contributed by atoms with Gasteiger partial charge in [0, 0.05) is 19.8 Å². The largest absolute Gasteiger partial charge is 0.394 e. The molecule has 0 aliphatic carbocycles. The van der Waals surface area contributed by atoms with Gasteiger partial charge in [-0.05, 0) is 24.5 Å². The number of carbonyl (C=O) groups is 1. The number of amides is 1. The van der Waals surface area contributed by atoms with Gasteiger partial charge >= 0.3 is 0 Å². The van der Waals surface area contributed by atoms with E-state index in [0.717, 1.165) is 6.42 Å². The zero-order chi connectivity index (χ0) is 14.7. The molecule has 1 amide bonds. The van der Waals surface area contributed by atoms with Crippen molar-refractivity contribution in [3.05, 3.63) is 23.4 Å². The summed E-state index contributed by atoms with van der Waals surface area (Å²) in [5, 5.41) is 9.97. The molecule has 0 radical (unpaired) electrons. The Morgan fingerprint density at radius 1 is 1.60 bits per heavy atom. The van der Waals surface area contributed by atoms with Crippen molar-refractivity contribution in [1.82, 2.24) is 9.88 Å². The molecule has 110 valence electrons. The Bertz CT molecular complexity index is 466. The molecule has 1 aromatic heterocycles. The predicted octanol–water partition coefficient (Wildman–Crippen LogP) is 1.40. The standard InChI is InChI=1S/C14H20ClN3O2/c1-10-5-6-18(12(10)9-19)14(20)8-17(2)13-4-3-11(15)7-16-13/h3-4,7,10,12,19H,5-6,8-9H2,1-2H3. The number of aliphatic hydroxyl groups is 1. The van der Waals surface area contributed by atoms with Gasteiger partial charge in [-0.25, -0.2) is 4.98 Å². The van der Waals surface area contributed by atoms with Crippen LogP contribution in [0.2, 0.25) is 5.02 Å². The van der Waals surface area contributed by atoms with Gasteiger partial charge in [0.15, 0.2) is 0 Å². The van der Waals surface area contributed by atoms with Crippen LogP contribution in [0.1, 0.15) is 13.3 Å². The lowest BCUT2D eigenvalue weighted by molar-refractivity contribution is -0.131. The van der Waals surface area contributed by atoms with Gasteiger partial charge in [0.1, 0.15) is 5.82 Å². The van der Waals surface area contributed by atoms with Crippen LogP contribution in [0.25, 0.3) is 0 Å². The quantitative estimate of drug-likeness (QED) is 0.913. The van der Waals surface area contributed by atoms with E-state index >= 15 is 0 Å². The van der Waals surface area contributed by atoms with E-state index in [2.05, 4.69) is 11.9 Å². The molecule has 1 saturated heterocycles. The molecule has 1 aromatic rings. The van der Waals surface area contributed by atoms with E-state index in [1.807, 2.05) is 7.05 Å². The van der Waals surface area contributed by atoms with Crippen LogP contribution in [0, 0.1) is 5.92 Å². The molecule has 20 heavy (non-hydrogen) atoms. The number of likely N-dealkylation sites (tertiary alicyclic amines) is 1. The van der Waals surface area contributed by atoms with Gasteiger partial charge in [-0.15, -0.1) is 0 Å². The number of aliphatic hydroxyl groups excluding tert-OH is 1. The fourth-order valence-electron chi connectivity index (χ4n) is 2.56. The number of anilines is 1. The number of hydrogen-bond donors (Lipinski definition) is 1. The van der Waals surface area contributed by atoms with Gasteiger partial charge in [0.2, 0.25) is 5.91 Å². The fraction of sp³-hybridized carbons (Fsp3) is 0.571. The van der Waals surface area contributed by atoms with Crippen LogP contribution in [0.5, 0.6) is 0 Å². The third-order valence-electron chi connectivity index (χ3n) is 3.87. The van der Waals surface area contributed by atoms with Crippen LogP contribution >= 0.6 is 11.6 Å². The van der Waals surface area contributed by atoms with Crippen molar-refractivity contribution in [3.63, 3.8) is 0 Å². The minimum atomic E-state index is -0.0610. The Labute approximate surface area is 124 Å². The first-order chi connectivity index (χ1) is 9.52. The van der Waals surface area contributed by atoms with Crippen molar-refractivity contribution in [3.8, 4) is 0 Å². The molecule has 1 aliphatic heterocycles. The second-order valence-corrected chi connectivity index (χ2v) is 5.73. The maximum absolute atomic E-state index is 12.3. The molecule has 0 aromatic carbocycles. The highest BCUT2D eigenvalue weighted by atomic mass is 35.5. The van der Waals surface area contributed by atoms with Crippen molar-refractivity contribution in [2.24, 2.45) is 5.92 Å². The SMILES string of the molecule is CC1CCN(C(=O)CN(C)c2ccc(Cl)cn2)C1CO. The molecule has 0 spiro atoms. The summed E-state index contributed by atoms with van der Waals surface area (Å²) in [5.74, 6) is 1.08. The monoisotopic (exact) mass is 297 g/mol. The fourth-order valence-corrected chi connectivity index (χ4v) is 2.68. The molecular weight excluding hydrogens is 278 g/mol. The number of likely N-dealkylation sites (N-methyl/N-ethyl adjacent to an activating group) is 1. The summed E-state index contributed by atoms with van der Waals surface area (Å²) in [6.45, 7) is 3.05. The molecule has 5 nitrogen and oxygen atoms in total. The van der Waals surface area contributed by atoms with Gasteiger partial charge in [-0.2, -0.15) is 0 Å². The van der Waals surface area contributed by atoms with Gasteiger partial charge in [0.25, 0.3) is 0 Å². The minimum Gasteiger partial charge on any atom is -0.394 e. The molecule has 1 N–H and O–H groups in total. The first-order valence-electron chi connectivity index (χ1n) is 6.76. The van der Waals surface area contributed by atoms with E-state index < -0.39 is 0 Å². The lowest BCUT2D eigenvalue weighted by Gasteiger charge is -2.27. The number of hydrogen-bond acceptors (Lipinski definition) is 4. The zero-order valence-corrected chi connectivity index (χ0v) is 12.5. The van der Waals surface area contributed by atoms with Gasteiger partial charge < -0.3 is 14.9 Å². The first kappa shape index (κ1) is 15.1. The first-order valence-corrected chi connectivity index (χ1v) is 7.13. The molecule has 2 rings (SSSR count). The van der Waals surface area contributed by atoms with Crippen LogP contribution in [-0.2, 0) is 4.79 Å². The normalized spacial score (nSPS) is 22.1. The number of halogens is 1. The molecule has 0 saturated carbocycles. The molecule has 2 unspecified atom stereocenters. The summed E-state index contributed by atoms with van der Waals surface area (Å²) in [6, 6.07) is 3.47. The molecule has 1 fully saturated rings. The maximum atomic E-state index is 12.3. The number of pyridine rings is 1. The second kappa shape index (κ2) is 6.41. The van der Waals surface area contributed by atoms with Crippen molar-refractivity contribution >= 4 is 23.3 Å². The van der Waals surface area contributed by atoms with E-state index in [1.165, 1.54) is 0 Å². The van der Waals surface area contributed by atoms with Gasteiger partial charge in [-0.3, -0.25) is 4.79 Å². The van der Waals surface area contributed by atoms with E-state index in [0.29, 0.717) is 23.3 Å². The Kier molecular flexibility index (Phi) is 4.83. The zero-order valence-electron chi connectivity index (χ0n) is 11.8. The summed E-state index contributed by atoms with van der Waals surface area (Å²) in [6.07, 6.45) is 2.51. The predicted molar refractivity (Wildman–Crippen MR) is 78.9 cm³/mol. The average molecular weight is 298 g/mol. The smallest absolute Gasteiger partial charge is 0.242 e. The van der Waals surface area contributed by atoms with Crippen molar-refractivity contribution < 1.29 is 9.90 Å². The van der Waals surface area contributed by atoms with Crippen LogP contribution in [0.15, 0.2) is 18.3 Å². The number of rotatable bonds is 4. The summed E-state index contributed by atoms with van der Waals surface area (Å²) < 4.78 is 0. The Balaban J connectivity index is 1.99. The number of nitrogens with zero attached hydrogens (tertiary/aromatic N) is 3. The third-order valence-corrected chi connectivity index (χ3v) is 4.09. The highest BCUT2D eigenvalue weighted by molar-refractivity contribution is 6.30. The topological polar surface area (TPSA) is 56.7 Å². The van der Waals surface area contributed by atoms with Gasteiger partial charge in [-0.1, -0.05) is 18.5 Å². The summed E-state index contributed by atoms with van der Waals surface area (Å²) in [7, 11) is 1.82. The maximum Gasteiger partial charge on any atom is 0.242 e. The Hall–Kier alpha value is -1.33. The molecular formula is C14H20ClN3O2. The summed E-state index contributed by atoms with van der Waals surface area (Å²) in [4.78, 5) is 20.1. The highest BCUT2D eigenvalue weighted by Gasteiger charge is 2.33. The second-order valence-electron chi connectivity index (χ2n) is 5.29. The molecule has 0 bridgehead atoms. The Morgan fingerprint density at radius 2 is 2.35 bits per heavy atom.